The van der Waals surface area contributed by atoms with Gasteiger partial charge in [0.1, 0.15) is 0 Å². The van der Waals surface area contributed by atoms with E-state index in [1.165, 1.54) is 57.9 Å². The quantitative estimate of drug-likeness (QED) is 0.772. The zero-order valence-corrected chi connectivity index (χ0v) is 10.1. The summed E-state index contributed by atoms with van der Waals surface area (Å²) in [7, 11) is 2.31. The van der Waals surface area contributed by atoms with E-state index in [-0.39, 0.29) is 0 Å². The summed E-state index contributed by atoms with van der Waals surface area (Å²) in [5.41, 5.74) is 5.93. The first-order valence-electron chi connectivity index (χ1n) is 6.71. The van der Waals surface area contributed by atoms with E-state index < -0.39 is 0 Å². The number of nitrogens with zero attached hydrogens (tertiary/aromatic N) is 1. The Morgan fingerprint density at radius 2 is 1.73 bits per heavy atom. The van der Waals surface area contributed by atoms with Crippen LogP contribution in [0.1, 0.15) is 51.4 Å². The average Bonchev–Trinajstić information content (AvgIpc) is 2.16. The van der Waals surface area contributed by atoms with Crippen molar-refractivity contribution in [3.8, 4) is 0 Å². The molecule has 2 aliphatic rings. The maximum absolute atomic E-state index is 5.93. The van der Waals surface area contributed by atoms with Gasteiger partial charge in [-0.15, -0.1) is 0 Å². The van der Waals surface area contributed by atoms with E-state index in [1.807, 2.05) is 0 Å². The van der Waals surface area contributed by atoms with Crippen molar-refractivity contribution in [1.82, 2.24) is 4.90 Å². The first-order valence-corrected chi connectivity index (χ1v) is 6.71. The normalized spacial score (nSPS) is 33.0. The molecule has 0 aromatic rings. The molecule has 2 nitrogen and oxygen atoms in total. The molecule has 0 aliphatic heterocycles. The summed E-state index contributed by atoms with van der Waals surface area (Å²) >= 11 is 0. The summed E-state index contributed by atoms with van der Waals surface area (Å²) in [6.07, 6.45) is 11.0. The molecular weight excluding hydrogens is 184 g/mol. The molecule has 0 spiro atoms. The standard InChI is InChI=1S/C13H26N2/c1-15(10-9-11-3-2-4-11)13-7-5-12(14)6-8-13/h11-13H,2-10,14H2,1H3. The molecular formula is C13H26N2. The molecule has 2 heteroatoms. The Labute approximate surface area is 94.2 Å². The van der Waals surface area contributed by atoms with Gasteiger partial charge in [0.2, 0.25) is 0 Å². The third-order valence-corrected chi connectivity index (χ3v) is 4.48. The van der Waals surface area contributed by atoms with Crippen LogP contribution in [0.5, 0.6) is 0 Å². The minimum absolute atomic E-state index is 0.487. The van der Waals surface area contributed by atoms with E-state index in [9.17, 15) is 0 Å². The van der Waals surface area contributed by atoms with Crippen molar-refractivity contribution >= 4 is 0 Å². The Bertz CT molecular complexity index is 181. The fraction of sp³-hybridized carbons (Fsp3) is 1.00. The molecule has 0 radical (unpaired) electrons. The molecule has 2 rings (SSSR count). The molecule has 2 N–H and O–H groups in total. The molecule has 0 aromatic heterocycles. The second kappa shape index (κ2) is 5.31. The van der Waals surface area contributed by atoms with Gasteiger partial charge in [-0.05, 0) is 51.6 Å². The third-order valence-electron chi connectivity index (χ3n) is 4.48. The van der Waals surface area contributed by atoms with Crippen molar-refractivity contribution < 1.29 is 0 Å². The van der Waals surface area contributed by atoms with E-state index >= 15 is 0 Å². The van der Waals surface area contributed by atoms with Crippen LogP contribution in [0, 0.1) is 5.92 Å². The zero-order chi connectivity index (χ0) is 10.7. The van der Waals surface area contributed by atoms with Crippen LogP contribution in [0.25, 0.3) is 0 Å². The van der Waals surface area contributed by atoms with E-state index in [0.717, 1.165) is 12.0 Å². The highest BCUT2D eigenvalue weighted by atomic mass is 15.1. The van der Waals surface area contributed by atoms with E-state index in [0.29, 0.717) is 6.04 Å². The first kappa shape index (κ1) is 11.4. The second-order valence-electron chi connectivity index (χ2n) is 5.63. The molecule has 2 saturated carbocycles. The van der Waals surface area contributed by atoms with Crippen LogP contribution >= 0.6 is 0 Å². The van der Waals surface area contributed by atoms with Crippen LogP contribution < -0.4 is 5.73 Å². The van der Waals surface area contributed by atoms with Crippen molar-refractivity contribution in [2.24, 2.45) is 11.7 Å². The maximum atomic E-state index is 5.93. The fourth-order valence-corrected chi connectivity index (χ4v) is 2.89. The van der Waals surface area contributed by atoms with Crippen LogP contribution in [0.2, 0.25) is 0 Å². The lowest BCUT2D eigenvalue weighted by atomic mass is 9.82. The second-order valence-corrected chi connectivity index (χ2v) is 5.63. The summed E-state index contributed by atoms with van der Waals surface area (Å²) in [6.45, 7) is 1.31. The lowest BCUT2D eigenvalue weighted by Crippen LogP contribution is -2.39. The fourth-order valence-electron chi connectivity index (χ4n) is 2.89. The van der Waals surface area contributed by atoms with Gasteiger partial charge in [0.25, 0.3) is 0 Å². The number of nitrogens with two attached hydrogens (primary N) is 1. The predicted molar refractivity (Wildman–Crippen MR) is 64.8 cm³/mol. The predicted octanol–water partition coefficient (Wildman–Crippen LogP) is 2.38. The van der Waals surface area contributed by atoms with Crippen LogP contribution in [0.4, 0.5) is 0 Å². The molecule has 2 aliphatic carbocycles. The minimum Gasteiger partial charge on any atom is -0.328 e. The highest BCUT2D eigenvalue weighted by Gasteiger charge is 2.23. The lowest BCUT2D eigenvalue weighted by Gasteiger charge is -2.35. The van der Waals surface area contributed by atoms with Gasteiger partial charge in [-0.25, -0.2) is 0 Å². The van der Waals surface area contributed by atoms with Gasteiger partial charge >= 0.3 is 0 Å². The summed E-state index contributed by atoms with van der Waals surface area (Å²) in [5.74, 6) is 1.05. The van der Waals surface area contributed by atoms with Crippen LogP contribution in [0.3, 0.4) is 0 Å². The molecule has 0 atom stereocenters. The van der Waals surface area contributed by atoms with E-state index in [2.05, 4.69) is 11.9 Å². The molecule has 0 bridgehead atoms. The molecule has 0 heterocycles. The summed E-state index contributed by atoms with van der Waals surface area (Å²) < 4.78 is 0. The largest absolute Gasteiger partial charge is 0.328 e. The van der Waals surface area contributed by atoms with Gasteiger partial charge in [-0.2, -0.15) is 0 Å². The minimum atomic E-state index is 0.487. The van der Waals surface area contributed by atoms with Crippen LogP contribution in [0.15, 0.2) is 0 Å². The maximum Gasteiger partial charge on any atom is 0.00933 e. The Morgan fingerprint density at radius 1 is 1.07 bits per heavy atom. The van der Waals surface area contributed by atoms with Crippen LogP contribution in [-0.4, -0.2) is 30.6 Å². The Balaban J connectivity index is 1.63. The number of rotatable bonds is 4. The van der Waals surface area contributed by atoms with Gasteiger partial charge in [0.05, 0.1) is 0 Å². The average molecular weight is 210 g/mol. The van der Waals surface area contributed by atoms with Crippen LogP contribution in [-0.2, 0) is 0 Å². The van der Waals surface area contributed by atoms with Crippen molar-refractivity contribution in [2.75, 3.05) is 13.6 Å². The van der Waals surface area contributed by atoms with Gasteiger partial charge in [-0.3, -0.25) is 0 Å². The highest BCUT2D eigenvalue weighted by molar-refractivity contribution is 4.80. The first-order chi connectivity index (χ1) is 7.25. The summed E-state index contributed by atoms with van der Waals surface area (Å²) in [6, 6.07) is 1.31. The zero-order valence-electron chi connectivity index (χ0n) is 10.1. The lowest BCUT2D eigenvalue weighted by molar-refractivity contribution is 0.159. The number of hydrogen-bond donors (Lipinski definition) is 1. The Kier molecular flexibility index (Phi) is 4.04. The van der Waals surface area contributed by atoms with Crippen molar-refractivity contribution in [2.45, 2.75) is 63.5 Å². The molecule has 0 saturated heterocycles. The summed E-state index contributed by atoms with van der Waals surface area (Å²) in [5, 5.41) is 0. The van der Waals surface area contributed by atoms with Crippen molar-refractivity contribution in [3.05, 3.63) is 0 Å². The van der Waals surface area contributed by atoms with Gasteiger partial charge in [-0.1, -0.05) is 19.3 Å². The highest BCUT2D eigenvalue weighted by Crippen LogP contribution is 2.30. The third kappa shape index (κ3) is 3.18. The monoisotopic (exact) mass is 210 g/mol. The van der Waals surface area contributed by atoms with E-state index in [1.54, 1.807) is 0 Å². The molecule has 15 heavy (non-hydrogen) atoms. The molecule has 88 valence electrons. The SMILES string of the molecule is CN(CCC1CCC1)C1CCC(N)CC1. The Morgan fingerprint density at radius 3 is 2.27 bits per heavy atom. The molecule has 0 unspecified atom stereocenters. The summed E-state index contributed by atoms with van der Waals surface area (Å²) in [4.78, 5) is 2.59. The Hall–Kier alpha value is -0.0800. The van der Waals surface area contributed by atoms with Gasteiger partial charge < -0.3 is 10.6 Å². The topological polar surface area (TPSA) is 29.3 Å². The van der Waals surface area contributed by atoms with Gasteiger partial charge in [0.15, 0.2) is 0 Å². The molecule has 0 amide bonds. The van der Waals surface area contributed by atoms with Gasteiger partial charge in [0, 0.05) is 12.1 Å². The van der Waals surface area contributed by atoms with E-state index in [4.69, 9.17) is 5.73 Å². The van der Waals surface area contributed by atoms with Crippen molar-refractivity contribution in [3.63, 3.8) is 0 Å². The molecule has 2 fully saturated rings. The smallest absolute Gasteiger partial charge is 0.00933 e. The molecule has 0 aromatic carbocycles. The number of hydrogen-bond acceptors (Lipinski definition) is 2. The van der Waals surface area contributed by atoms with Crippen molar-refractivity contribution in [1.29, 1.82) is 0 Å².